The van der Waals surface area contributed by atoms with Gasteiger partial charge in [0.15, 0.2) is 0 Å². The third kappa shape index (κ3) is 4.98. The lowest BCUT2D eigenvalue weighted by Crippen LogP contribution is -2.34. The van der Waals surface area contributed by atoms with E-state index in [-0.39, 0.29) is 12.1 Å². The molecule has 4 nitrogen and oxygen atoms in total. The number of hydrogen-bond acceptors (Lipinski definition) is 2. The van der Waals surface area contributed by atoms with Crippen LogP contribution in [0.15, 0.2) is 42.5 Å². The molecule has 0 saturated carbocycles. The van der Waals surface area contributed by atoms with Gasteiger partial charge in [0.1, 0.15) is 0 Å². The second-order valence-electron chi connectivity index (χ2n) is 5.56. The van der Waals surface area contributed by atoms with Crippen LogP contribution in [0.1, 0.15) is 19.4 Å². The van der Waals surface area contributed by atoms with Gasteiger partial charge in [-0.05, 0) is 54.8 Å². The number of benzene rings is 2. The van der Waals surface area contributed by atoms with E-state index in [9.17, 15) is 4.79 Å². The molecule has 2 amide bonds. The fraction of sp³-hybridized carbons (Fsp3) is 0.278. The van der Waals surface area contributed by atoms with Gasteiger partial charge in [-0.1, -0.05) is 29.8 Å². The molecule has 0 atom stereocenters. The number of anilines is 1. The molecule has 2 rings (SSSR count). The number of nitrogens with one attached hydrogen (secondary N) is 2. The topological polar surface area (TPSA) is 50.4 Å². The zero-order chi connectivity index (χ0) is 16.8. The third-order valence-corrected chi connectivity index (χ3v) is 3.49. The molecule has 0 aromatic heterocycles. The van der Waals surface area contributed by atoms with Crippen molar-refractivity contribution in [2.75, 3.05) is 12.4 Å². The summed E-state index contributed by atoms with van der Waals surface area (Å²) in [6.07, 6.45) is 0. The van der Waals surface area contributed by atoms with Crippen LogP contribution in [0.2, 0.25) is 5.02 Å². The van der Waals surface area contributed by atoms with Crippen molar-refractivity contribution in [2.24, 2.45) is 0 Å². The highest BCUT2D eigenvalue weighted by molar-refractivity contribution is 6.30. The maximum Gasteiger partial charge on any atom is 0.319 e. The molecule has 0 radical (unpaired) electrons. The fourth-order valence-corrected chi connectivity index (χ4v) is 2.41. The molecule has 5 heteroatoms. The molecule has 0 aliphatic heterocycles. The SMILES string of the molecule is COCc1cc(NC(=O)NC(C)C)ccc1-c1ccc(Cl)cc1. The minimum atomic E-state index is -0.220. The van der Waals surface area contributed by atoms with Gasteiger partial charge in [-0.2, -0.15) is 0 Å². The second kappa shape index (κ2) is 7.99. The van der Waals surface area contributed by atoms with Crippen molar-refractivity contribution in [3.63, 3.8) is 0 Å². The van der Waals surface area contributed by atoms with E-state index in [0.29, 0.717) is 11.6 Å². The van der Waals surface area contributed by atoms with E-state index < -0.39 is 0 Å². The number of halogens is 1. The minimum absolute atomic E-state index is 0.0850. The Morgan fingerprint density at radius 1 is 1.17 bits per heavy atom. The van der Waals surface area contributed by atoms with Gasteiger partial charge < -0.3 is 15.4 Å². The van der Waals surface area contributed by atoms with E-state index >= 15 is 0 Å². The summed E-state index contributed by atoms with van der Waals surface area (Å²) in [4.78, 5) is 11.8. The summed E-state index contributed by atoms with van der Waals surface area (Å²) in [5.74, 6) is 0. The summed E-state index contributed by atoms with van der Waals surface area (Å²) >= 11 is 5.94. The number of carbonyl (C=O) groups excluding carboxylic acids is 1. The van der Waals surface area contributed by atoms with Crippen LogP contribution in [0.4, 0.5) is 10.5 Å². The van der Waals surface area contributed by atoms with E-state index in [2.05, 4.69) is 10.6 Å². The Balaban J connectivity index is 2.27. The zero-order valence-corrected chi connectivity index (χ0v) is 14.3. The summed E-state index contributed by atoms with van der Waals surface area (Å²) in [5.41, 5.74) is 3.84. The van der Waals surface area contributed by atoms with Gasteiger partial charge in [0.25, 0.3) is 0 Å². The molecule has 0 spiro atoms. The zero-order valence-electron chi connectivity index (χ0n) is 13.5. The molecule has 0 heterocycles. The quantitative estimate of drug-likeness (QED) is 0.835. The summed E-state index contributed by atoms with van der Waals surface area (Å²) < 4.78 is 5.28. The maximum atomic E-state index is 11.8. The first-order valence-corrected chi connectivity index (χ1v) is 7.82. The van der Waals surface area contributed by atoms with Gasteiger partial charge in [-0.3, -0.25) is 0 Å². The standard InChI is InChI=1S/C18H21ClN2O2/c1-12(2)20-18(22)21-16-8-9-17(14(10-16)11-23-3)13-4-6-15(19)7-5-13/h4-10,12H,11H2,1-3H3,(H2,20,21,22). The summed E-state index contributed by atoms with van der Waals surface area (Å²) in [7, 11) is 1.65. The fourth-order valence-electron chi connectivity index (χ4n) is 2.29. The van der Waals surface area contributed by atoms with Crippen LogP contribution in [0.25, 0.3) is 11.1 Å². The first kappa shape index (κ1) is 17.3. The van der Waals surface area contributed by atoms with Gasteiger partial charge in [-0.25, -0.2) is 4.79 Å². The lowest BCUT2D eigenvalue weighted by atomic mass is 9.99. The van der Waals surface area contributed by atoms with Crippen LogP contribution in [0.3, 0.4) is 0 Å². The van der Waals surface area contributed by atoms with Crippen molar-refractivity contribution in [1.82, 2.24) is 5.32 Å². The Hall–Kier alpha value is -2.04. The summed E-state index contributed by atoms with van der Waals surface area (Å²) in [6.45, 7) is 4.29. The van der Waals surface area contributed by atoms with Crippen LogP contribution >= 0.6 is 11.6 Å². The van der Waals surface area contributed by atoms with Gasteiger partial charge in [0.2, 0.25) is 0 Å². The minimum Gasteiger partial charge on any atom is -0.380 e. The van der Waals surface area contributed by atoms with Crippen molar-refractivity contribution in [1.29, 1.82) is 0 Å². The van der Waals surface area contributed by atoms with Crippen molar-refractivity contribution < 1.29 is 9.53 Å². The first-order valence-electron chi connectivity index (χ1n) is 7.45. The highest BCUT2D eigenvalue weighted by Gasteiger charge is 2.09. The third-order valence-electron chi connectivity index (χ3n) is 3.24. The molecule has 122 valence electrons. The van der Waals surface area contributed by atoms with Crippen molar-refractivity contribution >= 4 is 23.3 Å². The molecule has 0 aliphatic carbocycles. The Morgan fingerprint density at radius 2 is 1.87 bits per heavy atom. The van der Waals surface area contributed by atoms with Gasteiger partial charge >= 0.3 is 6.03 Å². The summed E-state index contributed by atoms with van der Waals surface area (Å²) in [6, 6.07) is 13.3. The lowest BCUT2D eigenvalue weighted by molar-refractivity contribution is 0.185. The number of urea groups is 1. The summed E-state index contributed by atoms with van der Waals surface area (Å²) in [5, 5.41) is 6.33. The molecular formula is C18H21ClN2O2. The highest BCUT2D eigenvalue weighted by Crippen LogP contribution is 2.28. The van der Waals surface area contributed by atoms with E-state index in [4.69, 9.17) is 16.3 Å². The predicted molar refractivity (Wildman–Crippen MR) is 94.9 cm³/mol. The highest BCUT2D eigenvalue weighted by atomic mass is 35.5. The van der Waals surface area contributed by atoms with E-state index in [1.807, 2.05) is 56.3 Å². The molecule has 23 heavy (non-hydrogen) atoms. The van der Waals surface area contributed by atoms with Crippen LogP contribution in [0, 0.1) is 0 Å². The predicted octanol–water partition coefficient (Wildman–Crippen LogP) is 4.68. The Morgan fingerprint density at radius 3 is 2.48 bits per heavy atom. The number of carbonyl (C=O) groups is 1. The maximum absolute atomic E-state index is 11.8. The van der Waals surface area contributed by atoms with Crippen molar-refractivity contribution in [3.05, 3.63) is 53.1 Å². The Labute approximate surface area is 141 Å². The normalized spacial score (nSPS) is 10.7. The monoisotopic (exact) mass is 332 g/mol. The van der Waals surface area contributed by atoms with Crippen molar-refractivity contribution in [2.45, 2.75) is 26.5 Å². The number of methoxy groups -OCH3 is 1. The van der Waals surface area contributed by atoms with Gasteiger partial charge in [-0.15, -0.1) is 0 Å². The largest absolute Gasteiger partial charge is 0.380 e. The molecule has 0 aliphatic rings. The Kier molecular flexibility index (Phi) is 6.02. The molecule has 2 aromatic carbocycles. The second-order valence-corrected chi connectivity index (χ2v) is 6.00. The van der Waals surface area contributed by atoms with Crippen molar-refractivity contribution in [3.8, 4) is 11.1 Å². The molecule has 0 unspecified atom stereocenters. The average Bonchev–Trinajstić information content (AvgIpc) is 2.48. The molecule has 0 saturated heterocycles. The van der Waals surface area contributed by atoms with E-state index in [1.165, 1.54) is 0 Å². The number of ether oxygens (including phenoxy) is 1. The van der Waals surface area contributed by atoms with E-state index in [0.717, 1.165) is 22.4 Å². The Bertz CT molecular complexity index is 669. The molecule has 0 bridgehead atoms. The smallest absolute Gasteiger partial charge is 0.319 e. The molecule has 2 aromatic rings. The lowest BCUT2D eigenvalue weighted by Gasteiger charge is -2.14. The van der Waals surface area contributed by atoms with E-state index in [1.54, 1.807) is 7.11 Å². The van der Waals surface area contributed by atoms with Crippen LogP contribution in [-0.4, -0.2) is 19.2 Å². The van der Waals surface area contributed by atoms with Crippen LogP contribution in [0.5, 0.6) is 0 Å². The number of rotatable bonds is 5. The van der Waals surface area contributed by atoms with Crippen LogP contribution in [-0.2, 0) is 11.3 Å². The van der Waals surface area contributed by atoms with Crippen LogP contribution < -0.4 is 10.6 Å². The average molecular weight is 333 g/mol. The first-order chi connectivity index (χ1) is 11.0. The molecular weight excluding hydrogens is 312 g/mol. The number of amides is 2. The van der Waals surface area contributed by atoms with Gasteiger partial charge in [0.05, 0.1) is 6.61 Å². The molecule has 2 N–H and O–H groups in total. The van der Waals surface area contributed by atoms with Gasteiger partial charge in [0, 0.05) is 23.9 Å². The number of hydrogen-bond donors (Lipinski definition) is 2. The molecule has 0 fully saturated rings.